The third-order valence-corrected chi connectivity index (χ3v) is 3.87. The SMILES string of the molecule is CNC(=S)NCCCSc1nccs1. The van der Waals surface area contributed by atoms with Gasteiger partial charge in [0, 0.05) is 30.9 Å². The van der Waals surface area contributed by atoms with Crippen molar-refractivity contribution in [2.24, 2.45) is 0 Å². The molecule has 0 aliphatic rings. The number of hydrogen-bond donors (Lipinski definition) is 2. The fourth-order valence-electron chi connectivity index (χ4n) is 0.804. The lowest BCUT2D eigenvalue weighted by atomic mass is 10.5. The highest BCUT2D eigenvalue weighted by Crippen LogP contribution is 2.20. The predicted octanol–water partition coefficient (Wildman–Crippen LogP) is 1.72. The molecular weight excluding hydrogens is 234 g/mol. The van der Waals surface area contributed by atoms with E-state index in [1.54, 1.807) is 23.1 Å². The molecule has 0 spiro atoms. The number of thioether (sulfide) groups is 1. The van der Waals surface area contributed by atoms with Crippen LogP contribution in [0, 0.1) is 0 Å². The van der Waals surface area contributed by atoms with Crippen LogP contribution >= 0.6 is 35.3 Å². The molecule has 0 fully saturated rings. The summed E-state index contributed by atoms with van der Waals surface area (Å²) in [6, 6.07) is 0. The quantitative estimate of drug-likeness (QED) is 0.471. The molecule has 6 heteroatoms. The van der Waals surface area contributed by atoms with Crippen molar-refractivity contribution in [3.8, 4) is 0 Å². The van der Waals surface area contributed by atoms with Gasteiger partial charge in [-0.2, -0.15) is 0 Å². The summed E-state index contributed by atoms with van der Waals surface area (Å²) in [5.74, 6) is 1.08. The Balaban J connectivity index is 1.97. The zero-order valence-corrected chi connectivity index (χ0v) is 10.4. The minimum Gasteiger partial charge on any atom is -0.366 e. The van der Waals surface area contributed by atoms with Crippen molar-refractivity contribution in [3.63, 3.8) is 0 Å². The van der Waals surface area contributed by atoms with Gasteiger partial charge in [-0.25, -0.2) is 4.98 Å². The molecule has 3 nitrogen and oxygen atoms in total. The van der Waals surface area contributed by atoms with Crippen molar-refractivity contribution in [1.82, 2.24) is 15.6 Å². The maximum Gasteiger partial charge on any atom is 0.166 e. The minimum atomic E-state index is 0.712. The lowest BCUT2D eigenvalue weighted by Gasteiger charge is -2.05. The molecule has 0 atom stereocenters. The number of nitrogens with zero attached hydrogens (tertiary/aromatic N) is 1. The monoisotopic (exact) mass is 247 g/mol. The first-order valence-corrected chi connectivity index (χ1v) is 6.58. The van der Waals surface area contributed by atoms with Gasteiger partial charge in [-0.15, -0.1) is 11.3 Å². The van der Waals surface area contributed by atoms with E-state index < -0.39 is 0 Å². The van der Waals surface area contributed by atoms with Crippen LogP contribution in [0.5, 0.6) is 0 Å². The molecular formula is C8H13N3S3. The van der Waals surface area contributed by atoms with Gasteiger partial charge < -0.3 is 10.6 Å². The van der Waals surface area contributed by atoms with Crippen LogP contribution in [0.4, 0.5) is 0 Å². The van der Waals surface area contributed by atoms with Crippen LogP contribution in [0.1, 0.15) is 6.42 Å². The van der Waals surface area contributed by atoms with E-state index in [1.165, 1.54) is 0 Å². The Hall–Kier alpha value is -0.330. The van der Waals surface area contributed by atoms with E-state index in [0.717, 1.165) is 23.1 Å². The summed E-state index contributed by atoms with van der Waals surface area (Å²) in [5.41, 5.74) is 0. The van der Waals surface area contributed by atoms with Gasteiger partial charge in [-0.05, 0) is 18.6 Å². The van der Waals surface area contributed by atoms with Crippen LogP contribution in [0.3, 0.4) is 0 Å². The highest BCUT2D eigenvalue weighted by Gasteiger charge is 1.96. The van der Waals surface area contributed by atoms with Gasteiger partial charge in [0.1, 0.15) is 4.34 Å². The first kappa shape index (κ1) is 11.7. The van der Waals surface area contributed by atoms with Gasteiger partial charge >= 0.3 is 0 Å². The highest BCUT2D eigenvalue weighted by molar-refractivity contribution is 8.00. The Kier molecular flexibility index (Phi) is 5.89. The van der Waals surface area contributed by atoms with Crippen molar-refractivity contribution < 1.29 is 0 Å². The molecule has 2 N–H and O–H groups in total. The second kappa shape index (κ2) is 7.03. The third kappa shape index (κ3) is 4.78. The second-order valence-electron chi connectivity index (χ2n) is 2.51. The summed E-state index contributed by atoms with van der Waals surface area (Å²) in [6.45, 7) is 0.915. The topological polar surface area (TPSA) is 37.0 Å². The van der Waals surface area contributed by atoms with Crippen LogP contribution in [0.25, 0.3) is 0 Å². The first-order valence-electron chi connectivity index (χ1n) is 4.31. The number of rotatable bonds is 5. The average Bonchev–Trinajstić information content (AvgIpc) is 2.69. The molecule has 78 valence electrons. The Morgan fingerprint density at radius 3 is 3.21 bits per heavy atom. The summed E-state index contributed by atoms with van der Waals surface area (Å²) in [5, 5.41) is 8.68. The normalized spacial score (nSPS) is 9.79. The number of aromatic nitrogens is 1. The third-order valence-electron chi connectivity index (χ3n) is 1.47. The molecule has 1 rings (SSSR count). The molecule has 0 amide bonds. The zero-order valence-electron chi connectivity index (χ0n) is 7.95. The Labute approximate surface area is 97.7 Å². The lowest BCUT2D eigenvalue weighted by Crippen LogP contribution is -2.33. The highest BCUT2D eigenvalue weighted by atomic mass is 32.2. The van der Waals surface area contributed by atoms with Crippen molar-refractivity contribution in [2.45, 2.75) is 10.8 Å². The average molecular weight is 247 g/mol. The van der Waals surface area contributed by atoms with E-state index in [4.69, 9.17) is 12.2 Å². The van der Waals surface area contributed by atoms with Gasteiger partial charge in [0.05, 0.1) is 0 Å². The van der Waals surface area contributed by atoms with E-state index in [0.29, 0.717) is 5.11 Å². The molecule has 0 unspecified atom stereocenters. The molecule has 1 aromatic rings. The second-order valence-corrected chi connectivity index (χ2v) is 5.15. The Morgan fingerprint density at radius 1 is 1.71 bits per heavy atom. The van der Waals surface area contributed by atoms with Crippen LogP contribution in [-0.4, -0.2) is 29.4 Å². The number of thiocarbonyl (C=S) groups is 1. The molecule has 0 radical (unpaired) electrons. The molecule has 14 heavy (non-hydrogen) atoms. The summed E-state index contributed by atoms with van der Waals surface area (Å²) in [4.78, 5) is 4.19. The molecule has 0 aliphatic carbocycles. The van der Waals surface area contributed by atoms with Crippen LogP contribution in [0.15, 0.2) is 15.9 Å². The molecule has 0 saturated heterocycles. The largest absolute Gasteiger partial charge is 0.366 e. The fraction of sp³-hybridized carbons (Fsp3) is 0.500. The number of nitrogens with one attached hydrogen (secondary N) is 2. The van der Waals surface area contributed by atoms with E-state index in [1.807, 2.05) is 18.6 Å². The van der Waals surface area contributed by atoms with Crippen LogP contribution in [-0.2, 0) is 0 Å². The number of hydrogen-bond acceptors (Lipinski definition) is 4. The van der Waals surface area contributed by atoms with E-state index in [2.05, 4.69) is 15.6 Å². The van der Waals surface area contributed by atoms with Crippen molar-refractivity contribution in [1.29, 1.82) is 0 Å². The maximum absolute atomic E-state index is 4.95. The zero-order chi connectivity index (χ0) is 10.2. The Bertz CT molecular complexity index is 261. The molecule has 1 heterocycles. The van der Waals surface area contributed by atoms with Crippen molar-refractivity contribution in [3.05, 3.63) is 11.6 Å². The van der Waals surface area contributed by atoms with E-state index >= 15 is 0 Å². The summed E-state index contributed by atoms with van der Waals surface area (Å²) < 4.78 is 1.14. The smallest absolute Gasteiger partial charge is 0.166 e. The van der Waals surface area contributed by atoms with E-state index in [-0.39, 0.29) is 0 Å². The molecule has 0 saturated carbocycles. The fourth-order valence-corrected chi connectivity index (χ4v) is 2.55. The summed E-state index contributed by atoms with van der Waals surface area (Å²) in [7, 11) is 1.82. The number of thiazole rings is 1. The van der Waals surface area contributed by atoms with Gasteiger partial charge in [0.25, 0.3) is 0 Å². The van der Waals surface area contributed by atoms with Gasteiger partial charge in [-0.1, -0.05) is 11.8 Å². The molecule has 0 bridgehead atoms. The van der Waals surface area contributed by atoms with Gasteiger partial charge in [0.15, 0.2) is 5.11 Å². The summed E-state index contributed by atoms with van der Waals surface area (Å²) >= 11 is 8.42. The van der Waals surface area contributed by atoms with E-state index in [9.17, 15) is 0 Å². The molecule has 0 aliphatic heterocycles. The van der Waals surface area contributed by atoms with Crippen molar-refractivity contribution in [2.75, 3.05) is 19.3 Å². The lowest BCUT2D eigenvalue weighted by molar-refractivity contribution is 0.834. The van der Waals surface area contributed by atoms with Crippen molar-refractivity contribution >= 4 is 40.4 Å². The van der Waals surface area contributed by atoms with Gasteiger partial charge in [0.2, 0.25) is 0 Å². The summed E-state index contributed by atoms with van der Waals surface area (Å²) in [6.07, 6.45) is 2.92. The van der Waals surface area contributed by atoms with Crippen LogP contribution in [0.2, 0.25) is 0 Å². The minimum absolute atomic E-state index is 0.712. The Morgan fingerprint density at radius 2 is 2.57 bits per heavy atom. The standard InChI is InChI=1S/C8H13N3S3/c1-9-7(12)10-3-2-5-13-8-11-4-6-14-8/h4,6H,2-3,5H2,1H3,(H2,9,10,12). The van der Waals surface area contributed by atoms with Gasteiger partial charge in [-0.3, -0.25) is 0 Å². The molecule has 1 aromatic heterocycles. The molecule has 0 aromatic carbocycles. The predicted molar refractivity (Wildman–Crippen MR) is 67.1 cm³/mol. The first-order chi connectivity index (χ1) is 6.83. The van der Waals surface area contributed by atoms with Crippen LogP contribution < -0.4 is 10.6 Å². The maximum atomic E-state index is 4.95.